The third kappa shape index (κ3) is 2.89. The van der Waals surface area contributed by atoms with Crippen LogP contribution in [0.15, 0.2) is 18.2 Å². The third-order valence-electron chi connectivity index (χ3n) is 3.93. The Balaban J connectivity index is 1.69. The van der Waals surface area contributed by atoms with Crippen molar-refractivity contribution < 1.29 is 9.53 Å². The Kier molecular flexibility index (Phi) is 4.12. The van der Waals surface area contributed by atoms with Gasteiger partial charge >= 0.3 is 0 Å². The van der Waals surface area contributed by atoms with Crippen molar-refractivity contribution in [1.29, 1.82) is 0 Å². The molecule has 1 fully saturated rings. The van der Waals surface area contributed by atoms with Crippen molar-refractivity contribution in [2.24, 2.45) is 0 Å². The predicted molar refractivity (Wildman–Crippen MR) is 86.9 cm³/mol. The van der Waals surface area contributed by atoms with Crippen molar-refractivity contribution in [2.75, 3.05) is 18.9 Å². The number of amides is 1. The molecule has 1 saturated heterocycles. The van der Waals surface area contributed by atoms with Gasteiger partial charge in [0.1, 0.15) is 4.88 Å². The minimum Gasteiger partial charge on any atom is -0.397 e. The van der Waals surface area contributed by atoms with Gasteiger partial charge in [-0.05, 0) is 31.7 Å². The van der Waals surface area contributed by atoms with Crippen molar-refractivity contribution >= 4 is 33.0 Å². The highest BCUT2D eigenvalue weighted by Crippen LogP contribution is 2.35. The zero-order valence-corrected chi connectivity index (χ0v) is 13.0. The van der Waals surface area contributed by atoms with E-state index >= 15 is 0 Å². The highest BCUT2D eigenvalue weighted by Gasteiger charge is 2.18. The van der Waals surface area contributed by atoms with Crippen LogP contribution in [0.1, 0.15) is 34.5 Å². The molecule has 5 heteroatoms. The van der Waals surface area contributed by atoms with E-state index in [0.29, 0.717) is 23.2 Å². The normalized spacial score (nSPS) is 18.2. The predicted octanol–water partition coefficient (Wildman–Crippen LogP) is 3.09. The molecule has 0 aliphatic carbocycles. The number of nitrogens with one attached hydrogen (secondary N) is 1. The van der Waals surface area contributed by atoms with Gasteiger partial charge in [0.15, 0.2) is 0 Å². The lowest BCUT2D eigenvalue weighted by atomic mass is 10.1. The van der Waals surface area contributed by atoms with E-state index in [1.165, 1.54) is 11.3 Å². The maximum atomic E-state index is 12.3. The van der Waals surface area contributed by atoms with Crippen LogP contribution in [-0.2, 0) is 4.74 Å². The lowest BCUT2D eigenvalue weighted by molar-refractivity contribution is 0.0911. The monoisotopic (exact) mass is 304 g/mol. The van der Waals surface area contributed by atoms with Crippen molar-refractivity contribution in [3.05, 3.63) is 28.6 Å². The smallest absolute Gasteiger partial charge is 0.263 e. The van der Waals surface area contributed by atoms with E-state index in [2.05, 4.69) is 5.32 Å². The van der Waals surface area contributed by atoms with Crippen LogP contribution < -0.4 is 11.1 Å². The maximum Gasteiger partial charge on any atom is 0.263 e. The summed E-state index contributed by atoms with van der Waals surface area (Å²) in [5.41, 5.74) is 7.87. The summed E-state index contributed by atoms with van der Waals surface area (Å²) in [7, 11) is 0. The Hall–Kier alpha value is -1.59. The molecular weight excluding hydrogens is 284 g/mol. The highest BCUT2D eigenvalue weighted by atomic mass is 32.1. The quantitative estimate of drug-likeness (QED) is 0.912. The van der Waals surface area contributed by atoms with Gasteiger partial charge < -0.3 is 15.8 Å². The zero-order valence-electron chi connectivity index (χ0n) is 12.1. The number of ether oxygens (including phenoxy) is 1. The second-order valence-corrected chi connectivity index (χ2v) is 6.50. The Morgan fingerprint density at radius 1 is 1.52 bits per heavy atom. The largest absolute Gasteiger partial charge is 0.397 e. The summed E-state index contributed by atoms with van der Waals surface area (Å²) < 4.78 is 6.65. The van der Waals surface area contributed by atoms with Gasteiger partial charge in [0.05, 0.1) is 11.8 Å². The van der Waals surface area contributed by atoms with Crippen LogP contribution in [0.3, 0.4) is 0 Å². The molecule has 2 heterocycles. The van der Waals surface area contributed by atoms with E-state index in [1.54, 1.807) is 0 Å². The van der Waals surface area contributed by atoms with E-state index in [1.807, 2.05) is 25.1 Å². The van der Waals surface area contributed by atoms with Gasteiger partial charge in [0, 0.05) is 23.2 Å². The molecule has 0 bridgehead atoms. The van der Waals surface area contributed by atoms with E-state index in [9.17, 15) is 4.79 Å². The average Bonchev–Trinajstić information content (AvgIpc) is 3.08. The van der Waals surface area contributed by atoms with Crippen molar-refractivity contribution in [3.63, 3.8) is 0 Å². The molecular formula is C16H20N2O2S. The molecule has 1 atom stereocenters. The number of carbonyl (C=O) groups is 1. The standard InChI is InChI=1S/C16H20N2O2S/c1-10-4-2-6-12-13(17)15(21-14(10)12)16(19)18-8-7-11-5-3-9-20-11/h2,4,6,11H,3,5,7-9,17H2,1H3,(H,18,19). The summed E-state index contributed by atoms with van der Waals surface area (Å²) in [6, 6.07) is 5.98. The Morgan fingerprint density at radius 2 is 2.38 bits per heavy atom. The Bertz CT molecular complexity index is 660. The number of carbonyl (C=O) groups excluding carboxylic acids is 1. The molecule has 1 unspecified atom stereocenters. The fraction of sp³-hybridized carbons (Fsp3) is 0.438. The van der Waals surface area contributed by atoms with Gasteiger partial charge in [-0.1, -0.05) is 18.2 Å². The Labute approximate surface area is 128 Å². The molecule has 1 aliphatic rings. The molecule has 1 amide bonds. The first-order chi connectivity index (χ1) is 10.2. The lowest BCUT2D eigenvalue weighted by Crippen LogP contribution is -2.26. The molecule has 112 valence electrons. The lowest BCUT2D eigenvalue weighted by Gasteiger charge is -2.09. The van der Waals surface area contributed by atoms with E-state index in [0.717, 1.165) is 41.5 Å². The number of thiophene rings is 1. The van der Waals surface area contributed by atoms with Gasteiger partial charge in [-0.3, -0.25) is 4.79 Å². The summed E-state index contributed by atoms with van der Waals surface area (Å²) in [5, 5.41) is 3.93. The van der Waals surface area contributed by atoms with Gasteiger partial charge in [-0.2, -0.15) is 0 Å². The highest BCUT2D eigenvalue weighted by molar-refractivity contribution is 7.21. The summed E-state index contributed by atoms with van der Waals surface area (Å²) in [4.78, 5) is 12.9. The molecule has 3 rings (SSSR count). The first kappa shape index (κ1) is 14.4. The van der Waals surface area contributed by atoms with Crippen LogP contribution in [-0.4, -0.2) is 25.2 Å². The minimum absolute atomic E-state index is 0.0777. The van der Waals surface area contributed by atoms with Crippen LogP contribution in [0, 0.1) is 6.92 Å². The SMILES string of the molecule is Cc1cccc2c(N)c(C(=O)NCCC3CCCO3)sc12. The number of nitrogen functional groups attached to an aromatic ring is 1. The van der Waals surface area contributed by atoms with Crippen molar-refractivity contribution in [2.45, 2.75) is 32.3 Å². The zero-order chi connectivity index (χ0) is 14.8. The van der Waals surface area contributed by atoms with E-state index in [-0.39, 0.29) is 5.91 Å². The molecule has 0 saturated carbocycles. The number of fused-ring (bicyclic) bond motifs is 1. The number of aryl methyl sites for hydroxylation is 1. The summed E-state index contributed by atoms with van der Waals surface area (Å²) >= 11 is 1.47. The van der Waals surface area contributed by atoms with Crippen LogP contribution in [0.25, 0.3) is 10.1 Å². The Morgan fingerprint density at radius 3 is 3.10 bits per heavy atom. The van der Waals surface area contributed by atoms with Crippen molar-refractivity contribution in [3.8, 4) is 0 Å². The van der Waals surface area contributed by atoms with Gasteiger partial charge in [0.2, 0.25) is 0 Å². The summed E-state index contributed by atoms with van der Waals surface area (Å²) in [5.74, 6) is -0.0777. The molecule has 1 aromatic carbocycles. The number of hydrogen-bond donors (Lipinski definition) is 2. The second kappa shape index (κ2) is 6.03. The summed E-state index contributed by atoms with van der Waals surface area (Å²) in [6.07, 6.45) is 3.39. The van der Waals surface area contributed by atoms with E-state index < -0.39 is 0 Å². The molecule has 21 heavy (non-hydrogen) atoms. The molecule has 1 aliphatic heterocycles. The number of hydrogen-bond acceptors (Lipinski definition) is 4. The number of anilines is 1. The van der Waals surface area contributed by atoms with Crippen LogP contribution in [0.4, 0.5) is 5.69 Å². The van der Waals surface area contributed by atoms with Gasteiger partial charge in [-0.25, -0.2) is 0 Å². The van der Waals surface area contributed by atoms with Crippen LogP contribution >= 0.6 is 11.3 Å². The molecule has 0 radical (unpaired) electrons. The number of benzene rings is 1. The van der Waals surface area contributed by atoms with E-state index in [4.69, 9.17) is 10.5 Å². The average molecular weight is 304 g/mol. The first-order valence-electron chi connectivity index (χ1n) is 7.34. The van der Waals surface area contributed by atoms with Gasteiger partial charge in [-0.15, -0.1) is 11.3 Å². The molecule has 4 nitrogen and oxygen atoms in total. The van der Waals surface area contributed by atoms with Crippen LogP contribution in [0.5, 0.6) is 0 Å². The fourth-order valence-corrected chi connectivity index (χ4v) is 3.85. The maximum absolute atomic E-state index is 12.3. The molecule has 1 aromatic heterocycles. The number of rotatable bonds is 4. The topological polar surface area (TPSA) is 64.4 Å². The summed E-state index contributed by atoms with van der Waals surface area (Å²) in [6.45, 7) is 3.52. The third-order valence-corrected chi connectivity index (χ3v) is 5.29. The molecule has 0 spiro atoms. The first-order valence-corrected chi connectivity index (χ1v) is 8.16. The molecule has 2 aromatic rings. The fourth-order valence-electron chi connectivity index (χ4n) is 2.75. The second-order valence-electron chi connectivity index (χ2n) is 5.48. The number of nitrogens with two attached hydrogens (primary N) is 1. The minimum atomic E-state index is -0.0777. The van der Waals surface area contributed by atoms with Crippen LogP contribution in [0.2, 0.25) is 0 Å². The van der Waals surface area contributed by atoms with Gasteiger partial charge in [0.25, 0.3) is 5.91 Å². The van der Waals surface area contributed by atoms with Crippen molar-refractivity contribution in [1.82, 2.24) is 5.32 Å². The molecule has 3 N–H and O–H groups in total.